The first-order valence-corrected chi connectivity index (χ1v) is 6.29. The molecule has 1 saturated heterocycles. The van der Waals surface area contributed by atoms with Crippen LogP contribution in [0.4, 0.5) is 4.39 Å². The van der Waals surface area contributed by atoms with Crippen molar-refractivity contribution in [3.05, 3.63) is 21.9 Å². The number of nitrogens with one attached hydrogen (secondary N) is 1. The van der Waals surface area contributed by atoms with Gasteiger partial charge in [-0.25, -0.2) is 0 Å². The van der Waals surface area contributed by atoms with E-state index in [-0.39, 0.29) is 11.3 Å². The van der Waals surface area contributed by atoms with E-state index in [1.54, 1.807) is 6.07 Å². The average molecular weight is 304 g/mol. The molecule has 1 aromatic carbocycles. The highest BCUT2D eigenvalue weighted by Gasteiger charge is 2.35. The van der Waals surface area contributed by atoms with Gasteiger partial charge in [0.05, 0.1) is 11.6 Å². The van der Waals surface area contributed by atoms with Crippen LogP contribution in [-0.2, 0) is 5.54 Å². The molecule has 0 saturated carbocycles. The third kappa shape index (κ3) is 2.02. The van der Waals surface area contributed by atoms with Crippen molar-refractivity contribution in [2.24, 2.45) is 0 Å². The monoisotopic (exact) mass is 303 g/mol. The Morgan fingerprint density at radius 2 is 2.29 bits per heavy atom. The van der Waals surface area contributed by atoms with Crippen molar-refractivity contribution in [1.82, 2.24) is 5.32 Å². The van der Waals surface area contributed by atoms with Crippen LogP contribution >= 0.6 is 15.9 Å². The molecule has 1 unspecified atom stereocenters. The topological polar surface area (TPSA) is 41.5 Å². The first-order valence-electron chi connectivity index (χ1n) is 5.50. The number of benzene rings is 1. The summed E-state index contributed by atoms with van der Waals surface area (Å²) in [4.78, 5) is 0. The lowest BCUT2D eigenvalue weighted by Crippen LogP contribution is -2.33. The summed E-state index contributed by atoms with van der Waals surface area (Å²) in [6.45, 7) is 2.92. The van der Waals surface area contributed by atoms with E-state index in [0.29, 0.717) is 4.47 Å². The summed E-state index contributed by atoms with van der Waals surface area (Å²) in [5, 5.41) is 12.9. The Morgan fingerprint density at radius 1 is 1.59 bits per heavy atom. The minimum atomic E-state index is -0.716. The second-order valence-corrected chi connectivity index (χ2v) is 5.32. The molecular formula is C12H15BrFNO2. The molecule has 0 aliphatic carbocycles. The summed E-state index contributed by atoms with van der Waals surface area (Å²) in [6, 6.07) is 1.72. The largest absolute Gasteiger partial charge is 0.504 e. The summed E-state index contributed by atoms with van der Waals surface area (Å²) >= 11 is 3.16. The smallest absolute Gasteiger partial charge is 0.208 e. The highest BCUT2D eigenvalue weighted by Crippen LogP contribution is 2.43. The number of hydrogen-bond acceptors (Lipinski definition) is 3. The lowest BCUT2D eigenvalue weighted by molar-refractivity contribution is 0.336. The molecule has 17 heavy (non-hydrogen) atoms. The van der Waals surface area contributed by atoms with E-state index < -0.39 is 11.6 Å². The number of phenols is 1. The number of ether oxygens (including phenoxy) is 1. The molecule has 1 aliphatic heterocycles. The maximum absolute atomic E-state index is 13.9. The van der Waals surface area contributed by atoms with Gasteiger partial charge in [-0.05, 0) is 48.3 Å². The van der Waals surface area contributed by atoms with E-state index in [1.807, 2.05) is 6.92 Å². The number of aromatic hydroxyl groups is 1. The molecule has 3 nitrogen and oxygen atoms in total. The molecule has 0 spiro atoms. The highest BCUT2D eigenvalue weighted by molar-refractivity contribution is 9.10. The van der Waals surface area contributed by atoms with Crippen LogP contribution in [0, 0.1) is 5.82 Å². The molecule has 94 valence electrons. The fourth-order valence-corrected chi connectivity index (χ4v) is 2.73. The van der Waals surface area contributed by atoms with Gasteiger partial charge in [-0.1, -0.05) is 0 Å². The second-order valence-electron chi connectivity index (χ2n) is 4.46. The summed E-state index contributed by atoms with van der Waals surface area (Å²) < 4.78 is 19.4. The fourth-order valence-electron chi connectivity index (χ4n) is 2.33. The number of methoxy groups -OCH3 is 1. The fraction of sp³-hybridized carbons (Fsp3) is 0.500. The summed E-state index contributed by atoms with van der Waals surface area (Å²) in [6.07, 6.45) is 1.96. The molecule has 1 fully saturated rings. The average Bonchev–Trinajstić information content (AvgIpc) is 2.74. The van der Waals surface area contributed by atoms with Crippen molar-refractivity contribution in [3.63, 3.8) is 0 Å². The first kappa shape index (κ1) is 12.6. The van der Waals surface area contributed by atoms with Crippen molar-refractivity contribution in [2.75, 3.05) is 13.7 Å². The Hall–Kier alpha value is -0.810. The van der Waals surface area contributed by atoms with Crippen molar-refractivity contribution in [3.8, 4) is 11.5 Å². The summed E-state index contributed by atoms with van der Waals surface area (Å²) in [5.74, 6) is -1.01. The van der Waals surface area contributed by atoms with Gasteiger partial charge in [0.1, 0.15) is 0 Å². The Bertz CT molecular complexity index is 445. The van der Waals surface area contributed by atoms with Gasteiger partial charge >= 0.3 is 0 Å². The van der Waals surface area contributed by atoms with Gasteiger partial charge in [0.2, 0.25) is 5.82 Å². The Balaban J connectivity index is 2.60. The maximum Gasteiger partial charge on any atom is 0.208 e. The van der Waals surface area contributed by atoms with Crippen LogP contribution in [0.1, 0.15) is 25.3 Å². The van der Waals surface area contributed by atoms with Crippen molar-refractivity contribution in [2.45, 2.75) is 25.3 Å². The predicted octanol–water partition coefficient (Wildman–Crippen LogP) is 2.90. The molecular weight excluding hydrogens is 289 g/mol. The molecule has 0 aromatic heterocycles. The molecule has 5 heteroatoms. The lowest BCUT2D eigenvalue weighted by atomic mass is 9.89. The highest BCUT2D eigenvalue weighted by atomic mass is 79.9. The molecule has 1 aromatic rings. The Morgan fingerprint density at radius 3 is 2.82 bits per heavy atom. The van der Waals surface area contributed by atoms with E-state index in [1.165, 1.54) is 7.11 Å². The quantitative estimate of drug-likeness (QED) is 0.883. The van der Waals surface area contributed by atoms with E-state index >= 15 is 0 Å². The van der Waals surface area contributed by atoms with Crippen LogP contribution in [0.3, 0.4) is 0 Å². The normalized spacial score (nSPS) is 24.0. The molecule has 1 atom stereocenters. The number of rotatable bonds is 2. The zero-order valence-corrected chi connectivity index (χ0v) is 11.4. The van der Waals surface area contributed by atoms with Crippen LogP contribution in [0.25, 0.3) is 0 Å². The maximum atomic E-state index is 13.9. The summed E-state index contributed by atoms with van der Waals surface area (Å²) in [5.41, 5.74) is 0.433. The van der Waals surface area contributed by atoms with E-state index in [2.05, 4.69) is 21.2 Å². The molecule has 0 bridgehead atoms. The van der Waals surface area contributed by atoms with Gasteiger partial charge in [-0.15, -0.1) is 0 Å². The third-order valence-electron chi connectivity index (χ3n) is 3.32. The van der Waals surface area contributed by atoms with Gasteiger partial charge in [0, 0.05) is 11.1 Å². The van der Waals surface area contributed by atoms with Crippen molar-refractivity contribution in [1.29, 1.82) is 0 Å². The first-order chi connectivity index (χ1) is 7.99. The van der Waals surface area contributed by atoms with Gasteiger partial charge < -0.3 is 15.2 Å². The van der Waals surface area contributed by atoms with Crippen molar-refractivity contribution < 1.29 is 14.2 Å². The Labute approximate surface area is 108 Å². The van der Waals surface area contributed by atoms with Crippen LogP contribution in [0.5, 0.6) is 11.5 Å². The second kappa shape index (κ2) is 4.46. The van der Waals surface area contributed by atoms with Crippen LogP contribution in [-0.4, -0.2) is 18.8 Å². The molecule has 1 aliphatic rings. The lowest BCUT2D eigenvalue weighted by Gasteiger charge is -2.27. The van der Waals surface area contributed by atoms with E-state index in [9.17, 15) is 9.50 Å². The van der Waals surface area contributed by atoms with Gasteiger partial charge in [-0.3, -0.25) is 0 Å². The molecule has 0 amide bonds. The van der Waals surface area contributed by atoms with Crippen LogP contribution < -0.4 is 10.1 Å². The standard InChI is InChI=1S/C12H15BrFNO2/c1-12(4-3-5-15-12)7-6-8(13)10(16)9(14)11(7)17-2/h6,15-16H,3-5H2,1-2H3. The number of phenolic OH excluding ortho intramolecular Hbond substituents is 1. The molecule has 2 rings (SSSR count). The van der Waals surface area contributed by atoms with Gasteiger partial charge in [0.15, 0.2) is 11.5 Å². The van der Waals surface area contributed by atoms with Gasteiger partial charge in [-0.2, -0.15) is 4.39 Å². The van der Waals surface area contributed by atoms with E-state index in [4.69, 9.17) is 4.74 Å². The zero-order chi connectivity index (χ0) is 12.6. The van der Waals surface area contributed by atoms with Gasteiger partial charge in [0.25, 0.3) is 0 Å². The van der Waals surface area contributed by atoms with Crippen LogP contribution in [0.2, 0.25) is 0 Å². The summed E-state index contributed by atoms with van der Waals surface area (Å²) in [7, 11) is 1.41. The Kier molecular flexibility index (Phi) is 3.32. The predicted molar refractivity (Wildman–Crippen MR) is 66.9 cm³/mol. The number of halogens is 2. The van der Waals surface area contributed by atoms with Crippen LogP contribution in [0.15, 0.2) is 10.5 Å². The molecule has 1 heterocycles. The SMILES string of the molecule is COc1c(C2(C)CCCN2)cc(Br)c(O)c1F. The third-order valence-corrected chi connectivity index (χ3v) is 3.92. The molecule has 2 N–H and O–H groups in total. The minimum absolute atomic E-state index is 0.114. The zero-order valence-electron chi connectivity index (χ0n) is 9.81. The van der Waals surface area contributed by atoms with Crippen molar-refractivity contribution >= 4 is 15.9 Å². The number of hydrogen-bond donors (Lipinski definition) is 2. The minimum Gasteiger partial charge on any atom is -0.504 e. The molecule has 0 radical (unpaired) electrons. The van der Waals surface area contributed by atoms with E-state index in [0.717, 1.165) is 24.9 Å².